The van der Waals surface area contributed by atoms with Crippen molar-refractivity contribution in [1.82, 2.24) is 0 Å². The van der Waals surface area contributed by atoms with Gasteiger partial charge in [-0.15, -0.1) is 0 Å². The van der Waals surface area contributed by atoms with Crippen LogP contribution in [0.25, 0.3) is 0 Å². The maximum Gasteiger partial charge on any atom is 0.136 e. The third kappa shape index (κ3) is 2.38. The fraction of sp³-hybridized carbons (Fsp3) is 0.300. The second-order valence-electron chi connectivity index (χ2n) is 2.81. The first-order valence-electron chi connectivity index (χ1n) is 4.08. The number of hydrogen-bond donors (Lipinski definition) is 1. The molecule has 1 aromatic carbocycles. The maximum absolute atomic E-state index is 11.0. The summed E-state index contributed by atoms with van der Waals surface area (Å²) in [5, 5.41) is 0. The van der Waals surface area contributed by atoms with Gasteiger partial charge in [0, 0.05) is 20.0 Å². The van der Waals surface area contributed by atoms with Gasteiger partial charge < -0.3 is 5.73 Å². The summed E-state index contributed by atoms with van der Waals surface area (Å²) in [4.78, 5) is 11.0. The standard InChI is InChI=1S/C10H13NO.H2/c1-2-10(12)7-8-3-5-9(11)6-4-8;/h3-6H,2,7,11H2,1H3;1H. The van der Waals surface area contributed by atoms with Crippen LogP contribution in [0.1, 0.15) is 20.3 Å². The van der Waals surface area contributed by atoms with Gasteiger partial charge in [0.1, 0.15) is 5.78 Å². The Morgan fingerprint density at radius 1 is 1.42 bits per heavy atom. The van der Waals surface area contributed by atoms with Crippen LogP contribution in [0.5, 0.6) is 0 Å². The van der Waals surface area contributed by atoms with E-state index >= 15 is 0 Å². The van der Waals surface area contributed by atoms with Gasteiger partial charge in [-0.2, -0.15) is 0 Å². The Bertz CT molecular complexity index is 269. The number of nitrogen functional groups attached to an aromatic ring is 1. The Balaban J connectivity index is 0.00000144. The lowest BCUT2D eigenvalue weighted by molar-refractivity contribution is -0.118. The molecule has 1 aromatic rings. The van der Waals surface area contributed by atoms with E-state index < -0.39 is 0 Å². The van der Waals surface area contributed by atoms with E-state index in [0.29, 0.717) is 12.8 Å². The van der Waals surface area contributed by atoms with Crippen LogP contribution >= 0.6 is 0 Å². The van der Waals surface area contributed by atoms with Crippen molar-refractivity contribution in [1.29, 1.82) is 0 Å². The summed E-state index contributed by atoms with van der Waals surface area (Å²) < 4.78 is 0. The van der Waals surface area contributed by atoms with Crippen LogP contribution < -0.4 is 5.73 Å². The maximum atomic E-state index is 11.0. The van der Waals surface area contributed by atoms with Gasteiger partial charge in [-0.05, 0) is 17.7 Å². The summed E-state index contributed by atoms with van der Waals surface area (Å²) in [5.74, 6) is 0.264. The van der Waals surface area contributed by atoms with Gasteiger partial charge >= 0.3 is 0 Å². The second-order valence-corrected chi connectivity index (χ2v) is 2.81. The van der Waals surface area contributed by atoms with Gasteiger partial charge in [0.25, 0.3) is 0 Å². The zero-order chi connectivity index (χ0) is 8.97. The number of nitrogens with two attached hydrogens (primary N) is 1. The second kappa shape index (κ2) is 3.90. The monoisotopic (exact) mass is 165 g/mol. The van der Waals surface area contributed by atoms with E-state index in [1.807, 2.05) is 31.2 Å². The van der Waals surface area contributed by atoms with E-state index in [-0.39, 0.29) is 7.21 Å². The first-order chi connectivity index (χ1) is 5.72. The Labute approximate surface area is 73.9 Å². The molecule has 0 saturated heterocycles. The fourth-order valence-corrected chi connectivity index (χ4v) is 0.988. The van der Waals surface area contributed by atoms with E-state index in [1.54, 1.807) is 0 Å². The summed E-state index contributed by atoms with van der Waals surface area (Å²) in [7, 11) is 0. The average Bonchev–Trinajstić information content (AvgIpc) is 2.09. The minimum atomic E-state index is 0. The fourth-order valence-electron chi connectivity index (χ4n) is 0.988. The van der Waals surface area contributed by atoms with Crippen molar-refractivity contribution in [2.24, 2.45) is 0 Å². The molecule has 0 aliphatic carbocycles. The van der Waals surface area contributed by atoms with Crippen LogP contribution in [0, 0.1) is 0 Å². The lowest BCUT2D eigenvalue weighted by Gasteiger charge is -1.98. The van der Waals surface area contributed by atoms with Crippen molar-refractivity contribution in [2.45, 2.75) is 19.8 Å². The van der Waals surface area contributed by atoms with Gasteiger partial charge in [-0.1, -0.05) is 19.1 Å². The molecule has 0 aliphatic rings. The molecule has 0 unspecified atom stereocenters. The third-order valence-electron chi connectivity index (χ3n) is 1.78. The average molecular weight is 165 g/mol. The van der Waals surface area contributed by atoms with Gasteiger partial charge in [0.05, 0.1) is 0 Å². The Morgan fingerprint density at radius 2 is 2.00 bits per heavy atom. The number of benzene rings is 1. The highest BCUT2D eigenvalue weighted by Gasteiger charge is 1.99. The Kier molecular flexibility index (Phi) is 2.86. The van der Waals surface area contributed by atoms with E-state index in [1.165, 1.54) is 0 Å². The van der Waals surface area contributed by atoms with Gasteiger partial charge in [0.15, 0.2) is 0 Å². The topological polar surface area (TPSA) is 43.1 Å². The first kappa shape index (κ1) is 8.78. The molecule has 66 valence electrons. The SMILES string of the molecule is CCC(=O)Cc1ccc(N)cc1.[HH]. The molecule has 0 fully saturated rings. The number of hydrogen-bond acceptors (Lipinski definition) is 2. The summed E-state index contributed by atoms with van der Waals surface area (Å²) in [6.45, 7) is 1.87. The number of carbonyl (C=O) groups is 1. The third-order valence-corrected chi connectivity index (χ3v) is 1.78. The van der Waals surface area contributed by atoms with Gasteiger partial charge in [-0.3, -0.25) is 4.79 Å². The summed E-state index contributed by atoms with van der Waals surface area (Å²) in [6, 6.07) is 7.42. The first-order valence-corrected chi connectivity index (χ1v) is 4.08. The van der Waals surface area contributed by atoms with Crippen molar-refractivity contribution in [2.75, 3.05) is 5.73 Å². The number of Topliss-reactive ketones (excluding diaryl/α,β-unsaturated/α-hetero) is 1. The summed E-state index contributed by atoms with van der Waals surface area (Å²) in [6.07, 6.45) is 1.13. The molecule has 2 N–H and O–H groups in total. The van der Waals surface area contributed by atoms with Crippen molar-refractivity contribution in [3.8, 4) is 0 Å². The highest BCUT2D eigenvalue weighted by Crippen LogP contribution is 2.06. The Hall–Kier alpha value is -1.31. The zero-order valence-corrected chi connectivity index (χ0v) is 7.21. The molecule has 0 spiro atoms. The molecule has 0 amide bonds. The minimum absolute atomic E-state index is 0. The van der Waals surface area contributed by atoms with Crippen molar-refractivity contribution >= 4 is 11.5 Å². The van der Waals surface area contributed by atoms with Crippen LogP contribution in [0.2, 0.25) is 0 Å². The summed E-state index contributed by atoms with van der Waals surface area (Å²) >= 11 is 0. The number of carbonyl (C=O) groups excluding carboxylic acids is 1. The smallest absolute Gasteiger partial charge is 0.136 e. The minimum Gasteiger partial charge on any atom is -0.399 e. The highest BCUT2D eigenvalue weighted by atomic mass is 16.1. The molecule has 12 heavy (non-hydrogen) atoms. The zero-order valence-electron chi connectivity index (χ0n) is 7.21. The number of anilines is 1. The van der Waals surface area contributed by atoms with Crippen LogP contribution in [0.15, 0.2) is 24.3 Å². The molecule has 0 saturated carbocycles. The van der Waals surface area contributed by atoms with Crippen molar-refractivity contribution in [3.63, 3.8) is 0 Å². The largest absolute Gasteiger partial charge is 0.399 e. The quantitative estimate of drug-likeness (QED) is 0.696. The molecule has 0 aromatic heterocycles. The van der Waals surface area contributed by atoms with Crippen LogP contribution in [0.4, 0.5) is 5.69 Å². The van der Waals surface area contributed by atoms with Gasteiger partial charge in [-0.25, -0.2) is 0 Å². The van der Waals surface area contributed by atoms with E-state index in [2.05, 4.69) is 0 Å². The molecule has 2 nitrogen and oxygen atoms in total. The molecular weight excluding hydrogens is 150 g/mol. The normalized spacial score (nSPS) is 9.75. The molecule has 2 heteroatoms. The van der Waals surface area contributed by atoms with E-state index in [0.717, 1.165) is 11.3 Å². The molecule has 0 heterocycles. The van der Waals surface area contributed by atoms with E-state index in [9.17, 15) is 4.79 Å². The molecule has 0 radical (unpaired) electrons. The molecular formula is C10H15NO. The van der Waals surface area contributed by atoms with Crippen molar-refractivity contribution in [3.05, 3.63) is 29.8 Å². The number of rotatable bonds is 3. The van der Waals surface area contributed by atoms with Crippen LogP contribution in [-0.4, -0.2) is 5.78 Å². The van der Waals surface area contributed by atoms with Crippen LogP contribution in [-0.2, 0) is 11.2 Å². The molecule has 0 atom stereocenters. The lowest BCUT2D eigenvalue weighted by Crippen LogP contribution is -2.00. The lowest BCUT2D eigenvalue weighted by atomic mass is 10.1. The van der Waals surface area contributed by atoms with Gasteiger partial charge in [0.2, 0.25) is 0 Å². The summed E-state index contributed by atoms with van der Waals surface area (Å²) in [5.41, 5.74) is 7.28. The number of ketones is 1. The molecule has 1 rings (SSSR count). The predicted octanol–water partition coefficient (Wildman–Crippen LogP) is 2.04. The highest BCUT2D eigenvalue weighted by molar-refractivity contribution is 5.80. The molecule has 0 aliphatic heterocycles. The predicted molar refractivity (Wildman–Crippen MR) is 52.0 cm³/mol. The van der Waals surface area contributed by atoms with Crippen LogP contribution in [0.3, 0.4) is 0 Å². The van der Waals surface area contributed by atoms with E-state index in [4.69, 9.17) is 5.73 Å². The Morgan fingerprint density at radius 3 is 2.50 bits per heavy atom. The van der Waals surface area contributed by atoms with Crippen molar-refractivity contribution < 1.29 is 6.22 Å². The molecule has 0 bridgehead atoms.